The summed E-state index contributed by atoms with van der Waals surface area (Å²) in [6, 6.07) is 7.03. The number of halogens is 1. The molecule has 0 spiro atoms. The van der Waals surface area contributed by atoms with Gasteiger partial charge in [-0.1, -0.05) is 25.0 Å². The van der Waals surface area contributed by atoms with Crippen LogP contribution in [0.4, 0.5) is 4.39 Å². The van der Waals surface area contributed by atoms with Gasteiger partial charge in [0.25, 0.3) is 0 Å². The highest BCUT2D eigenvalue weighted by Crippen LogP contribution is 2.24. The molecule has 0 saturated heterocycles. The highest BCUT2D eigenvalue weighted by atomic mass is 32.2. The Balaban J connectivity index is 1.94. The summed E-state index contributed by atoms with van der Waals surface area (Å²) in [5.74, 6) is 0.958. The summed E-state index contributed by atoms with van der Waals surface area (Å²) in [6.45, 7) is 0.753. The molecule has 1 amide bonds. The molecular formula is C17H24FNOS. The van der Waals surface area contributed by atoms with Gasteiger partial charge in [0.1, 0.15) is 5.82 Å². The molecule has 0 atom stereocenters. The van der Waals surface area contributed by atoms with Crippen molar-refractivity contribution in [2.45, 2.75) is 44.6 Å². The molecule has 2 nitrogen and oxygen atoms in total. The molecule has 1 aromatic carbocycles. The molecule has 4 heteroatoms. The number of carbonyl (C=O) groups excluding carboxylic acids is 1. The Hall–Kier alpha value is -1.03. The van der Waals surface area contributed by atoms with Gasteiger partial charge in [0, 0.05) is 24.8 Å². The van der Waals surface area contributed by atoms with Crippen LogP contribution in [-0.2, 0) is 11.2 Å². The number of benzene rings is 1. The summed E-state index contributed by atoms with van der Waals surface area (Å²) in [4.78, 5) is 14.5. The predicted molar refractivity (Wildman–Crippen MR) is 87.1 cm³/mol. The number of carbonyl (C=O) groups is 1. The molecule has 0 unspecified atom stereocenters. The zero-order valence-electron chi connectivity index (χ0n) is 12.7. The Bertz CT molecular complexity index is 443. The number of thioether (sulfide) groups is 1. The van der Waals surface area contributed by atoms with Crippen molar-refractivity contribution in [3.63, 3.8) is 0 Å². The first-order valence-electron chi connectivity index (χ1n) is 7.73. The fraction of sp³-hybridized carbons (Fsp3) is 0.588. The number of hydrogen-bond acceptors (Lipinski definition) is 2. The second-order valence-electron chi connectivity index (χ2n) is 5.64. The molecule has 0 radical (unpaired) electrons. The quantitative estimate of drug-likeness (QED) is 0.761. The minimum atomic E-state index is -0.206. The lowest BCUT2D eigenvalue weighted by molar-refractivity contribution is -0.132. The lowest BCUT2D eigenvalue weighted by Gasteiger charge is -2.29. The van der Waals surface area contributed by atoms with Gasteiger partial charge in [0.15, 0.2) is 0 Å². The maximum Gasteiger partial charge on any atom is 0.223 e. The Kier molecular flexibility index (Phi) is 6.55. The minimum absolute atomic E-state index is 0.206. The maximum atomic E-state index is 12.9. The summed E-state index contributed by atoms with van der Waals surface area (Å²) >= 11 is 1.72. The van der Waals surface area contributed by atoms with E-state index in [0.717, 1.165) is 37.1 Å². The van der Waals surface area contributed by atoms with E-state index in [1.807, 2.05) is 18.4 Å². The average molecular weight is 309 g/mol. The van der Waals surface area contributed by atoms with Crippen molar-refractivity contribution in [3.8, 4) is 0 Å². The molecule has 0 aliphatic heterocycles. The zero-order valence-corrected chi connectivity index (χ0v) is 13.5. The predicted octanol–water partition coefficient (Wildman–Crippen LogP) is 3.89. The van der Waals surface area contributed by atoms with E-state index in [1.54, 1.807) is 11.8 Å². The highest BCUT2D eigenvalue weighted by molar-refractivity contribution is 7.98. The number of rotatable bonds is 7. The van der Waals surface area contributed by atoms with Crippen LogP contribution in [0.1, 0.15) is 37.7 Å². The van der Waals surface area contributed by atoms with Crippen molar-refractivity contribution >= 4 is 17.7 Å². The van der Waals surface area contributed by atoms with Gasteiger partial charge < -0.3 is 4.90 Å². The third-order valence-electron chi connectivity index (χ3n) is 4.16. The monoisotopic (exact) mass is 309 g/mol. The maximum absolute atomic E-state index is 12.9. The van der Waals surface area contributed by atoms with Crippen LogP contribution in [0.15, 0.2) is 24.3 Å². The molecule has 1 saturated carbocycles. The van der Waals surface area contributed by atoms with Crippen LogP contribution in [0.3, 0.4) is 0 Å². The summed E-state index contributed by atoms with van der Waals surface area (Å²) < 4.78 is 12.9. The van der Waals surface area contributed by atoms with Crippen LogP contribution < -0.4 is 0 Å². The number of nitrogens with zero attached hydrogens (tertiary/aromatic N) is 1. The van der Waals surface area contributed by atoms with Gasteiger partial charge in [0.05, 0.1) is 0 Å². The molecular weight excluding hydrogens is 285 g/mol. The Morgan fingerprint density at radius 3 is 2.57 bits per heavy atom. The molecule has 0 heterocycles. The molecule has 0 N–H and O–H groups in total. The number of hydrogen-bond donors (Lipinski definition) is 0. The SMILES string of the molecule is CSCCC(=O)N(CCc1ccc(F)cc1)C1CCCC1. The molecule has 0 aromatic heterocycles. The van der Waals surface area contributed by atoms with E-state index in [9.17, 15) is 9.18 Å². The van der Waals surface area contributed by atoms with Crippen molar-refractivity contribution in [1.82, 2.24) is 4.90 Å². The second kappa shape index (κ2) is 8.42. The third-order valence-corrected chi connectivity index (χ3v) is 4.77. The lowest BCUT2D eigenvalue weighted by atomic mass is 10.1. The van der Waals surface area contributed by atoms with E-state index in [0.29, 0.717) is 12.5 Å². The van der Waals surface area contributed by atoms with Crippen molar-refractivity contribution < 1.29 is 9.18 Å². The highest BCUT2D eigenvalue weighted by Gasteiger charge is 2.25. The fourth-order valence-corrected chi connectivity index (χ4v) is 3.34. The van der Waals surface area contributed by atoms with Crippen LogP contribution >= 0.6 is 11.8 Å². The molecule has 1 aromatic rings. The van der Waals surface area contributed by atoms with Crippen molar-refractivity contribution in [1.29, 1.82) is 0 Å². The first-order chi connectivity index (χ1) is 10.2. The van der Waals surface area contributed by atoms with Crippen molar-refractivity contribution in [3.05, 3.63) is 35.6 Å². The Morgan fingerprint density at radius 1 is 1.29 bits per heavy atom. The van der Waals surface area contributed by atoms with Gasteiger partial charge in [0.2, 0.25) is 5.91 Å². The van der Waals surface area contributed by atoms with Crippen molar-refractivity contribution in [2.24, 2.45) is 0 Å². The fourth-order valence-electron chi connectivity index (χ4n) is 2.96. The topological polar surface area (TPSA) is 20.3 Å². The largest absolute Gasteiger partial charge is 0.339 e. The summed E-state index contributed by atoms with van der Waals surface area (Å²) in [6.07, 6.45) is 8.19. The van der Waals surface area contributed by atoms with E-state index in [1.165, 1.54) is 25.0 Å². The van der Waals surface area contributed by atoms with Gasteiger partial charge >= 0.3 is 0 Å². The van der Waals surface area contributed by atoms with Crippen LogP contribution in [0.5, 0.6) is 0 Å². The van der Waals surface area contributed by atoms with Crippen molar-refractivity contribution in [2.75, 3.05) is 18.6 Å². The molecule has 1 fully saturated rings. The summed E-state index contributed by atoms with van der Waals surface area (Å²) in [5, 5.41) is 0. The van der Waals surface area contributed by atoms with Crippen LogP contribution in [-0.4, -0.2) is 35.4 Å². The van der Waals surface area contributed by atoms with E-state index < -0.39 is 0 Å². The Morgan fingerprint density at radius 2 is 1.95 bits per heavy atom. The second-order valence-corrected chi connectivity index (χ2v) is 6.63. The van der Waals surface area contributed by atoms with Gasteiger partial charge in [-0.2, -0.15) is 11.8 Å². The summed E-state index contributed by atoms with van der Waals surface area (Å²) in [5.41, 5.74) is 1.09. The first kappa shape index (κ1) is 16.3. The smallest absolute Gasteiger partial charge is 0.223 e. The van der Waals surface area contributed by atoms with E-state index >= 15 is 0 Å². The zero-order chi connectivity index (χ0) is 15.1. The molecule has 2 rings (SSSR count). The molecule has 1 aliphatic carbocycles. The molecule has 21 heavy (non-hydrogen) atoms. The Labute approximate surface area is 131 Å². The average Bonchev–Trinajstić information content (AvgIpc) is 3.01. The van der Waals surface area contributed by atoms with Crippen LogP contribution in [0, 0.1) is 5.82 Å². The third kappa shape index (κ3) is 5.03. The minimum Gasteiger partial charge on any atom is -0.339 e. The van der Waals surface area contributed by atoms with Gasteiger partial charge in [-0.15, -0.1) is 0 Å². The standard InChI is InChI=1S/C17H24FNOS/c1-21-13-11-17(20)19(16-4-2-3-5-16)12-10-14-6-8-15(18)9-7-14/h6-9,16H,2-5,10-13H2,1H3. The molecule has 116 valence electrons. The van der Waals surface area contributed by atoms with E-state index in [4.69, 9.17) is 0 Å². The van der Waals surface area contributed by atoms with E-state index in [-0.39, 0.29) is 11.7 Å². The van der Waals surface area contributed by atoms with Gasteiger partial charge in [-0.3, -0.25) is 4.79 Å². The first-order valence-corrected chi connectivity index (χ1v) is 9.13. The molecule has 0 bridgehead atoms. The lowest BCUT2D eigenvalue weighted by Crippen LogP contribution is -2.40. The summed E-state index contributed by atoms with van der Waals surface area (Å²) in [7, 11) is 0. The van der Waals surface area contributed by atoms with Crippen LogP contribution in [0.25, 0.3) is 0 Å². The normalized spacial score (nSPS) is 15.3. The molecule has 1 aliphatic rings. The van der Waals surface area contributed by atoms with E-state index in [2.05, 4.69) is 4.90 Å². The van der Waals surface area contributed by atoms with Gasteiger partial charge in [-0.05, 0) is 43.2 Å². The van der Waals surface area contributed by atoms with Gasteiger partial charge in [-0.25, -0.2) is 4.39 Å². The number of amides is 1. The van der Waals surface area contributed by atoms with Crippen LogP contribution in [0.2, 0.25) is 0 Å².